The molecule has 1 aliphatic rings. The van der Waals surface area contributed by atoms with Crippen molar-refractivity contribution >= 4 is 11.8 Å². The molecular formula is C19H29N3O2. The van der Waals surface area contributed by atoms with Crippen molar-refractivity contribution in [2.45, 2.75) is 52.6 Å². The van der Waals surface area contributed by atoms with Gasteiger partial charge in [0, 0.05) is 24.7 Å². The zero-order valence-electron chi connectivity index (χ0n) is 15.1. The van der Waals surface area contributed by atoms with Crippen molar-refractivity contribution in [2.75, 3.05) is 13.1 Å². The van der Waals surface area contributed by atoms with Gasteiger partial charge in [0.05, 0.1) is 6.04 Å². The number of carbonyl (C=O) groups is 2. The van der Waals surface area contributed by atoms with Crippen LogP contribution in [0, 0.1) is 12.3 Å². The van der Waals surface area contributed by atoms with E-state index in [0.717, 1.165) is 37.1 Å². The molecular weight excluding hydrogens is 302 g/mol. The van der Waals surface area contributed by atoms with Gasteiger partial charge in [-0.3, -0.25) is 14.5 Å². The van der Waals surface area contributed by atoms with E-state index in [4.69, 9.17) is 5.73 Å². The zero-order valence-corrected chi connectivity index (χ0v) is 15.1. The normalized spacial score (nSPS) is 18.2. The van der Waals surface area contributed by atoms with Gasteiger partial charge in [-0.05, 0) is 36.8 Å². The maximum absolute atomic E-state index is 12.4. The van der Waals surface area contributed by atoms with Gasteiger partial charge in [0.2, 0.25) is 5.91 Å². The first-order valence-corrected chi connectivity index (χ1v) is 8.60. The van der Waals surface area contributed by atoms with Crippen LogP contribution in [0.4, 0.5) is 0 Å². The van der Waals surface area contributed by atoms with Crippen molar-refractivity contribution in [3.05, 3.63) is 35.4 Å². The Hall–Kier alpha value is -1.88. The number of amides is 2. The SMILES string of the molecule is Cc1ccccc1C(=O)NC1CCN(C(C(N)=O)C(C)(C)C)CC1. The standard InChI is InChI=1S/C19H29N3O2/c1-13-7-5-6-8-15(13)18(24)21-14-9-11-22(12-10-14)16(17(20)23)19(2,3)4/h5-8,14,16H,9-12H2,1-4H3,(H2,20,23)(H,21,24). The minimum Gasteiger partial charge on any atom is -0.368 e. The lowest BCUT2D eigenvalue weighted by molar-refractivity contribution is -0.127. The number of aryl methyl sites for hydroxylation is 1. The molecule has 24 heavy (non-hydrogen) atoms. The summed E-state index contributed by atoms with van der Waals surface area (Å²) >= 11 is 0. The maximum Gasteiger partial charge on any atom is 0.251 e. The van der Waals surface area contributed by atoms with Crippen molar-refractivity contribution in [1.29, 1.82) is 0 Å². The highest BCUT2D eigenvalue weighted by atomic mass is 16.2. The number of rotatable bonds is 4. The molecule has 3 N–H and O–H groups in total. The van der Waals surface area contributed by atoms with Gasteiger partial charge in [-0.1, -0.05) is 39.0 Å². The Balaban J connectivity index is 1.94. The van der Waals surface area contributed by atoms with Crippen LogP contribution in [0.3, 0.4) is 0 Å². The summed E-state index contributed by atoms with van der Waals surface area (Å²) in [5.74, 6) is -0.293. The van der Waals surface area contributed by atoms with E-state index >= 15 is 0 Å². The van der Waals surface area contributed by atoms with E-state index in [1.807, 2.05) is 52.0 Å². The third-order valence-electron chi connectivity index (χ3n) is 4.71. The van der Waals surface area contributed by atoms with E-state index in [-0.39, 0.29) is 29.3 Å². The van der Waals surface area contributed by atoms with Crippen LogP contribution >= 0.6 is 0 Å². The third-order valence-corrected chi connectivity index (χ3v) is 4.71. The average Bonchev–Trinajstić information content (AvgIpc) is 2.47. The summed E-state index contributed by atoms with van der Waals surface area (Å²) in [5.41, 5.74) is 7.13. The van der Waals surface area contributed by atoms with Crippen molar-refractivity contribution in [3.63, 3.8) is 0 Å². The topological polar surface area (TPSA) is 75.4 Å². The summed E-state index contributed by atoms with van der Waals surface area (Å²) in [7, 11) is 0. The monoisotopic (exact) mass is 331 g/mol. The van der Waals surface area contributed by atoms with Crippen LogP contribution in [-0.4, -0.2) is 41.9 Å². The Bertz CT molecular complexity index is 599. The highest BCUT2D eigenvalue weighted by Crippen LogP contribution is 2.27. The summed E-state index contributed by atoms with van der Waals surface area (Å²) < 4.78 is 0. The first-order chi connectivity index (χ1) is 11.2. The molecule has 1 aliphatic heterocycles. The van der Waals surface area contributed by atoms with E-state index < -0.39 is 0 Å². The Kier molecular flexibility index (Phi) is 5.65. The second kappa shape index (κ2) is 7.34. The highest BCUT2D eigenvalue weighted by Gasteiger charge is 2.37. The van der Waals surface area contributed by atoms with E-state index in [1.165, 1.54) is 0 Å². The molecule has 1 fully saturated rings. The molecule has 0 aliphatic carbocycles. The van der Waals surface area contributed by atoms with Gasteiger partial charge in [0.25, 0.3) is 5.91 Å². The minimum absolute atomic E-state index is 0.0196. The quantitative estimate of drug-likeness (QED) is 0.887. The molecule has 2 amide bonds. The molecule has 0 spiro atoms. The number of piperidine rings is 1. The lowest BCUT2D eigenvalue weighted by Crippen LogP contribution is -2.56. The number of hydrogen-bond acceptors (Lipinski definition) is 3. The van der Waals surface area contributed by atoms with Crippen molar-refractivity contribution < 1.29 is 9.59 Å². The van der Waals surface area contributed by atoms with Crippen molar-refractivity contribution in [3.8, 4) is 0 Å². The fourth-order valence-corrected chi connectivity index (χ4v) is 3.55. The number of hydrogen-bond donors (Lipinski definition) is 2. The first-order valence-electron chi connectivity index (χ1n) is 8.60. The van der Waals surface area contributed by atoms with Gasteiger partial charge in [0.1, 0.15) is 0 Å². The molecule has 5 nitrogen and oxygen atoms in total. The van der Waals surface area contributed by atoms with Crippen LogP contribution in [0.5, 0.6) is 0 Å². The van der Waals surface area contributed by atoms with Gasteiger partial charge in [-0.15, -0.1) is 0 Å². The lowest BCUT2D eigenvalue weighted by Gasteiger charge is -2.41. The van der Waals surface area contributed by atoms with Gasteiger partial charge < -0.3 is 11.1 Å². The minimum atomic E-state index is -0.273. The Labute approximate surface area is 144 Å². The zero-order chi connectivity index (χ0) is 17.9. The van der Waals surface area contributed by atoms with Gasteiger partial charge in [0.15, 0.2) is 0 Å². The van der Waals surface area contributed by atoms with Crippen LogP contribution in [0.2, 0.25) is 0 Å². The van der Waals surface area contributed by atoms with Gasteiger partial charge in [-0.2, -0.15) is 0 Å². The molecule has 1 unspecified atom stereocenters. The second-order valence-electron chi connectivity index (χ2n) is 7.77. The van der Waals surface area contributed by atoms with Gasteiger partial charge in [-0.25, -0.2) is 0 Å². The summed E-state index contributed by atoms with van der Waals surface area (Å²) in [6, 6.07) is 7.47. The lowest BCUT2D eigenvalue weighted by atomic mass is 9.84. The molecule has 2 rings (SSSR count). The largest absolute Gasteiger partial charge is 0.368 e. The third kappa shape index (κ3) is 4.35. The number of likely N-dealkylation sites (tertiary alicyclic amines) is 1. The maximum atomic E-state index is 12.4. The number of primary amides is 1. The number of nitrogens with one attached hydrogen (secondary N) is 1. The Morgan fingerprint density at radius 2 is 1.79 bits per heavy atom. The molecule has 1 heterocycles. The van der Waals surface area contributed by atoms with E-state index in [9.17, 15) is 9.59 Å². The first kappa shape index (κ1) is 18.5. The van der Waals surface area contributed by atoms with Crippen molar-refractivity contribution in [2.24, 2.45) is 11.1 Å². The molecule has 5 heteroatoms. The smallest absolute Gasteiger partial charge is 0.251 e. The van der Waals surface area contributed by atoms with E-state index in [0.29, 0.717) is 0 Å². The summed E-state index contributed by atoms with van der Waals surface area (Å²) in [6.07, 6.45) is 1.66. The number of nitrogens with two attached hydrogens (primary N) is 1. The second-order valence-corrected chi connectivity index (χ2v) is 7.77. The number of benzene rings is 1. The molecule has 0 radical (unpaired) electrons. The molecule has 132 valence electrons. The van der Waals surface area contributed by atoms with Crippen LogP contribution in [0.15, 0.2) is 24.3 Å². The molecule has 1 atom stereocenters. The van der Waals surface area contributed by atoms with Crippen LogP contribution in [0.25, 0.3) is 0 Å². The van der Waals surface area contributed by atoms with E-state index in [1.54, 1.807) is 0 Å². The summed E-state index contributed by atoms with van der Waals surface area (Å²) in [5, 5.41) is 3.12. The van der Waals surface area contributed by atoms with Gasteiger partial charge >= 0.3 is 0 Å². The molecule has 1 aromatic rings. The molecule has 0 saturated carbocycles. The average molecular weight is 331 g/mol. The fraction of sp³-hybridized carbons (Fsp3) is 0.579. The fourth-order valence-electron chi connectivity index (χ4n) is 3.55. The molecule has 1 saturated heterocycles. The van der Waals surface area contributed by atoms with Crippen LogP contribution in [-0.2, 0) is 4.79 Å². The summed E-state index contributed by atoms with van der Waals surface area (Å²) in [6.45, 7) is 9.59. The Morgan fingerprint density at radius 3 is 2.29 bits per heavy atom. The molecule has 0 bridgehead atoms. The Morgan fingerprint density at radius 1 is 1.21 bits per heavy atom. The molecule has 0 aromatic heterocycles. The van der Waals surface area contributed by atoms with Crippen LogP contribution < -0.4 is 11.1 Å². The number of nitrogens with zero attached hydrogens (tertiary/aromatic N) is 1. The highest BCUT2D eigenvalue weighted by molar-refractivity contribution is 5.95. The van der Waals surface area contributed by atoms with E-state index in [2.05, 4.69) is 10.2 Å². The predicted molar refractivity (Wildman–Crippen MR) is 95.7 cm³/mol. The number of carbonyl (C=O) groups excluding carboxylic acids is 2. The molecule has 1 aromatic carbocycles. The van der Waals surface area contributed by atoms with Crippen LogP contribution in [0.1, 0.15) is 49.5 Å². The summed E-state index contributed by atoms with van der Waals surface area (Å²) in [4.78, 5) is 26.4. The predicted octanol–water partition coefficient (Wildman–Crippen LogP) is 2.09. The van der Waals surface area contributed by atoms with Crippen molar-refractivity contribution in [1.82, 2.24) is 10.2 Å².